The Morgan fingerprint density at radius 1 is 1.32 bits per heavy atom. The highest BCUT2D eigenvalue weighted by molar-refractivity contribution is 6.12. The van der Waals surface area contributed by atoms with Crippen molar-refractivity contribution in [1.29, 1.82) is 0 Å². The normalized spacial score (nSPS) is 16.8. The zero-order chi connectivity index (χ0) is 13.8. The van der Waals surface area contributed by atoms with Gasteiger partial charge in [0.1, 0.15) is 17.8 Å². The van der Waals surface area contributed by atoms with Crippen LogP contribution >= 0.6 is 0 Å². The summed E-state index contributed by atoms with van der Waals surface area (Å²) in [6, 6.07) is 4.38. The van der Waals surface area contributed by atoms with Gasteiger partial charge in [-0.25, -0.2) is 0 Å². The molecule has 0 aromatic heterocycles. The lowest BCUT2D eigenvalue weighted by Gasteiger charge is -1.96. The number of ether oxygens (including phenoxy) is 1. The Morgan fingerprint density at radius 2 is 2.11 bits per heavy atom. The molecule has 0 radical (unpaired) electrons. The van der Waals surface area contributed by atoms with Crippen molar-refractivity contribution < 1.29 is 19.4 Å². The van der Waals surface area contributed by atoms with Gasteiger partial charge < -0.3 is 9.84 Å². The Hall–Kier alpha value is -2.62. The molecule has 0 fully saturated rings. The predicted octanol–water partition coefficient (Wildman–Crippen LogP) is 2.55. The van der Waals surface area contributed by atoms with Crippen molar-refractivity contribution in [3.05, 3.63) is 59.4 Å². The summed E-state index contributed by atoms with van der Waals surface area (Å²) in [4.78, 5) is 22.3. The summed E-state index contributed by atoms with van der Waals surface area (Å²) in [6.07, 6.45) is 7.16. The van der Waals surface area contributed by atoms with Crippen molar-refractivity contribution in [2.45, 2.75) is 6.92 Å². The molecule has 0 spiro atoms. The van der Waals surface area contributed by atoms with Gasteiger partial charge in [-0.2, -0.15) is 0 Å². The van der Waals surface area contributed by atoms with Crippen molar-refractivity contribution in [2.75, 3.05) is 0 Å². The lowest BCUT2D eigenvalue weighted by atomic mass is 10.1. The monoisotopic (exact) mass is 256 g/mol. The topological polar surface area (TPSA) is 63.6 Å². The molecule has 1 aromatic carbocycles. The number of ketones is 1. The first-order valence-corrected chi connectivity index (χ1v) is 5.68. The largest absolute Gasteiger partial charge is 0.508 e. The number of fused-ring (bicyclic) bond motifs is 1. The number of rotatable bonds is 3. The van der Waals surface area contributed by atoms with Gasteiger partial charge in [-0.1, -0.05) is 18.2 Å². The van der Waals surface area contributed by atoms with Crippen LogP contribution in [0.3, 0.4) is 0 Å². The second-order valence-corrected chi connectivity index (χ2v) is 4.06. The van der Waals surface area contributed by atoms with Gasteiger partial charge in [-0.3, -0.25) is 9.59 Å². The number of aldehydes is 1. The first-order valence-electron chi connectivity index (χ1n) is 5.68. The van der Waals surface area contributed by atoms with Gasteiger partial charge in [0.15, 0.2) is 5.76 Å². The van der Waals surface area contributed by atoms with Crippen molar-refractivity contribution in [3.8, 4) is 11.5 Å². The SMILES string of the molecule is CC(C=O)=CC=CC=C1Oc2ccc(O)cc2C1=O. The molecule has 0 atom stereocenters. The molecule has 19 heavy (non-hydrogen) atoms. The summed E-state index contributed by atoms with van der Waals surface area (Å²) >= 11 is 0. The number of hydrogen-bond acceptors (Lipinski definition) is 4. The predicted molar refractivity (Wildman–Crippen MR) is 70.1 cm³/mol. The zero-order valence-electron chi connectivity index (χ0n) is 10.3. The average molecular weight is 256 g/mol. The molecule has 4 heteroatoms. The van der Waals surface area contributed by atoms with E-state index in [1.54, 1.807) is 31.2 Å². The van der Waals surface area contributed by atoms with E-state index in [-0.39, 0.29) is 17.3 Å². The van der Waals surface area contributed by atoms with Crippen LogP contribution in [0.4, 0.5) is 0 Å². The third-order valence-electron chi connectivity index (χ3n) is 2.56. The number of carbonyl (C=O) groups is 2. The standard InChI is InChI=1S/C15H12O4/c1-10(9-16)4-2-3-5-14-15(18)12-8-11(17)6-7-13(12)19-14/h2-9,17H,1H3. The highest BCUT2D eigenvalue weighted by Crippen LogP contribution is 2.33. The number of aromatic hydroxyl groups is 1. The van der Waals surface area contributed by atoms with Crippen LogP contribution < -0.4 is 4.74 Å². The van der Waals surface area contributed by atoms with Crippen LogP contribution in [0.2, 0.25) is 0 Å². The fraction of sp³-hybridized carbons (Fsp3) is 0.0667. The summed E-state index contributed by atoms with van der Waals surface area (Å²) in [6.45, 7) is 1.68. The molecule has 0 saturated carbocycles. The number of carbonyl (C=O) groups excluding carboxylic acids is 2. The number of hydrogen-bond donors (Lipinski definition) is 1. The van der Waals surface area contributed by atoms with E-state index in [0.29, 0.717) is 16.9 Å². The molecule has 0 unspecified atom stereocenters. The summed E-state index contributed by atoms with van der Waals surface area (Å²) in [5.41, 5.74) is 0.931. The first kappa shape index (κ1) is 12.8. The molecule has 0 bridgehead atoms. The van der Waals surface area contributed by atoms with E-state index >= 15 is 0 Å². The van der Waals surface area contributed by atoms with Gasteiger partial charge in [0.25, 0.3) is 0 Å². The quantitative estimate of drug-likeness (QED) is 0.513. The summed E-state index contributed by atoms with van der Waals surface area (Å²) in [7, 11) is 0. The molecule has 0 aliphatic carbocycles. The molecule has 1 aliphatic heterocycles. The first-order chi connectivity index (χ1) is 9.11. The minimum atomic E-state index is -0.272. The highest BCUT2D eigenvalue weighted by atomic mass is 16.5. The third-order valence-corrected chi connectivity index (χ3v) is 2.56. The van der Waals surface area contributed by atoms with Crippen molar-refractivity contribution >= 4 is 12.1 Å². The van der Waals surface area contributed by atoms with E-state index < -0.39 is 0 Å². The Kier molecular flexibility index (Phi) is 3.61. The van der Waals surface area contributed by atoms with E-state index in [1.165, 1.54) is 18.2 Å². The number of phenols is 1. The second kappa shape index (κ2) is 5.35. The van der Waals surface area contributed by atoms with E-state index in [4.69, 9.17) is 4.74 Å². The van der Waals surface area contributed by atoms with E-state index in [1.807, 2.05) is 0 Å². The lowest BCUT2D eigenvalue weighted by Crippen LogP contribution is -1.97. The molecule has 4 nitrogen and oxygen atoms in total. The van der Waals surface area contributed by atoms with Gasteiger partial charge in [0, 0.05) is 0 Å². The Balaban J connectivity index is 2.18. The van der Waals surface area contributed by atoms with Crippen LogP contribution in [0.15, 0.2) is 53.8 Å². The number of Topliss-reactive ketones (excluding diaryl/α,β-unsaturated/α-hetero) is 1. The third kappa shape index (κ3) is 2.80. The molecular formula is C15H12O4. The van der Waals surface area contributed by atoms with Crippen LogP contribution in [-0.2, 0) is 4.79 Å². The average Bonchev–Trinajstić information content (AvgIpc) is 2.71. The molecule has 1 heterocycles. The summed E-state index contributed by atoms with van der Waals surface area (Å²) < 4.78 is 5.37. The molecule has 0 saturated heterocycles. The fourth-order valence-electron chi connectivity index (χ4n) is 1.58. The number of benzene rings is 1. The van der Waals surface area contributed by atoms with E-state index in [9.17, 15) is 14.7 Å². The van der Waals surface area contributed by atoms with Crippen molar-refractivity contribution in [2.24, 2.45) is 0 Å². The second-order valence-electron chi connectivity index (χ2n) is 4.06. The molecule has 1 aromatic rings. The molecule has 1 N–H and O–H groups in total. The van der Waals surface area contributed by atoms with Crippen LogP contribution in [0.5, 0.6) is 11.5 Å². The molecule has 2 rings (SSSR count). The Labute approximate surface area is 110 Å². The summed E-state index contributed by atoms with van der Waals surface area (Å²) in [5.74, 6) is 0.375. The smallest absolute Gasteiger partial charge is 0.232 e. The molecule has 96 valence electrons. The minimum Gasteiger partial charge on any atom is -0.508 e. The van der Waals surface area contributed by atoms with Crippen LogP contribution in [0, 0.1) is 0 Å². The molecule has 0 amide bonds. The molecular weight excluding hydrogens is 244 g/mol. The van der Waals surface area contributed by atoms with Gasteiger partial charge in [0.05, 0.1) is 5.56 Å². The van der Waals surface area contributed by atoms with Crippen molar-refractivity contribution in [3.63, 3.8) is 0 Å². The van der Waals surface area contributed by atoms with Crippen LogP contribution in [0.1, 0.15) is 17.3 Å². The number of allylic oxidation sites excluding steroid dienone is 6. The maximum Gasteiger partial charge on any atom is 0.232 e. The summed E-state index contributed by atoms with van der Waals surface area (Å²) in [5, 5.41) is 9.32. The van der Waals surface area contributed by atoms with Gasteiger partial charge >= 0.3 is 0 Å². The van der Waals surface area contributed by atoms with E-state index in [2.05, 4.69) is 0 Å². The van der Waals surface area contributed by atoms with Gasteiger partial charge in [-0.15, -0.1) is 0 Å². The Bertz CT molecular complexity index is 621. The van der Waals surface area contributed by atoms with Crippen LogP contribution in [-0.4, -0.2) is 17.2 Å². The van der Waals surface area contributed by atoms with Crippen LogP contribution in [0.25, 0.3) is 0 Å². The fourth-order valence-corrected chi connectivity index (χ4v) is 1.58. The molecule has 1 aliphatic rings. The van der Waals surface area contributed by atoms with Gasteiger partial charge in [-0.05, 0) is 36.8 Å². The maximum atomic E-state index is 11.9. The minimum absolute atomic E-state index is 0.0250. The Morgan fingerprint density at radius 3 is 2.84 bits per heavy atom. The highest BCUT2D eigenvalue weighted by Gasteiger charge is 2.26. The maximum absolute atomic E-state index is 11.9. The number of phenolic OH excluding ortho intramolecular Hbond substituents is 1. The zero-order valence-corrected chi connectivity index (χ0v) is 10.3. The van der Waals surface area contributed by atoms with E-state index in [0.717, 1.165) is 6.29 Å². The van der Waals surface area contributed by atoms with Crippen molar-refractivity contribution in [1.82, 2.24) is 0 Å². The lowest BCUT2D eigenvalue weighted by molar-refractivity contribution is -0.104. The van der Waals surface area contributed by atoms with Gasteiger partial charge in [0.2, 0.25) is 5.78 Å².